The van der Waals surface area contributed by atoms with Crippen LogP contribution in [0.5, 0.6) is 0 Å². The second-order valence-electron chi connectivity index (χ2n) is 5.32. The molecule has 1 aromatic carbocycles. The van der Waals surface area contributed by atoms with Crippen molar-refractivity contribution in [3.63, 3.8) is 0 Å². The maximum atomic E-state index is 13.1. The van der Waals surface area contributed by atoms with Crippen LogP contribution in [0.4, 0.5) is 8.78 Å². The van der Waals surface area contributed by atoms with Crippen molar-refractivity contribution in [2.24, 2.45) is 17.6 Å². The number of halogens is 2. The fourth-order valence-corrected chi connectivity index (χ4v) is 1.92. The van der Waals surface area contributed by atoms with Crippen LogP contribution in [0.3, 0.4) is 0 Å². The summed E-state index contributed by atoms with van der Waals surface area (Å²) < 4.78 is 26.1. The minimum atomic E-state index is -3.05. The smallest absolute Gasteiger partial charge is 0.277 e. The third-order valence-corrected chi connectivity index (χ3v) is 3.26. The Hall–Kier alpha value is -1.49. The Kier molecular flexibility index (Phi) is 6.07. The van der Waals surface area contributed by atoms with Crippen molar-refractivity contribution in [1.29, 1.82) is 0 Å². The van der Waals surface area contributed by atoms with Gasteiger partial charge in [-0.25, -0.2) is 8.78 Å². The summed E-state index contributed by atoms with van der Waals surface area (Å²) in [6.45, 7) is 2.35. The largest absolute Gasteiger partial charge is 0.350 e. The minimum Gasteiger partial charge on any atom is -0.350 e. The fraction of sp³-hybridized carbons (Fsp3) is 0.533. The summed E-state index contributed by atoms with van der Waals surface area (Å²) in [5.74, 6) is -3.66. The van der Waals surface area contributed by atoms with Gasteiger partial charge in [0.2, 0.25) is 5.91 Å². The van der Waals surface area contributed by atoms with E-state index >= 15 is 0 Å². The van der Waals surface area contributed by atoms with Gasteiger partial charge < -0.3 is 11.1 Å². The number of nitrogens with one attached hydrogen (secondary N) is 1. The number of alkyl halides is 2. The van der Waals surface area contributed by atoms with Gasteiger partial charge in [-0.1, -0.05) is 44.2 Å². The molecular formula is C15H22F2N2O. The van der Waals surface area contributed by atoms with Crippen molar-refractivity contribution in [2.75, 3.05) is 13.1 Å². The summed E-state index contributed by atoms with van der Waals surface area (Å²) in [6.07, 6.45) is 0.540. The normalized spacial score (nSPS) is 13.3. The Bertz CT molecular complexity index is 421. The van der Waals surface area contributed by atoms with Crippen LogP contribution < -0.4 is 11.1 Å². The van der Waals surface area contributed by atoms with E-state index in [0.29, 0.717) is 6.42 Å². The number of carbonyl (C=O) groups excluding carboxylic acids is 1. The van der Waals surface area contributed by atoms with E-state index in [1.165, 1.54) is 0 Å². The van der Waals surface area contributed by atoms with Gasteiger partial charge in [0.25, 0.3) is 5.92 Å². The number of amides is 1. The van der Waals surface area contributed by atoms with Crippen molar-refractivity contribution < 1.29 is 13.6 Å². The molecule has 1 rings (SSSR count). The van der Waals surface area contributed by atoms with E-state index in [9.17, 15) is 13.6 Å². The number of hydrogen-bond acceptors (Lipinski definition) is 2. The average Bonchev–Trinajstić information content (AvgIpc) is 2.43. The Labute approximate surface area is 118 Å². The molecule has 0 saturated carbocycles. The number of rotatable bonds is 7. The first kappa shape index (κ1) is 16.6. The van der Waals surface area contributed by atoms with Crippen LogP contribution in [0.25, 0.3) is 0 Å². The quantitative estimate of drug-likeness (QED) is 0.806. The van der Waals surface area contributed by atoms with Crippen LogP contribution in [0.2, 0.25) is 0 Å². The summed E-state index contributed by atoms with van der Waals surface area (Å²) in [7, 11) is 0. The first-order valence-electron chi connectivity index (χ1n) is 6.75. The van der Waals surface area contributed by atoms with Crippen LogP contribution >= 0.6 is 0 Å². The highest BCUT2D eigenvalue weighted by Crippen LogP contribution is 2.18. The first-order chi connectivity index (χ1) is 9.35. The van der Waals surface area contributed by atoms with Gasteiger partial charge in [-0.15, -0.1) is 0 Å². The van der Waals surface area contributed by atoms with E-state index in [1.807, 2.05) is 44.2 Å². The molecule has 20 heavy (non-hydrogen) atoms. The first-order valence-corrected chi connectivity index (χ1v) is 6.75. The summed E-state index contributed by atoms with van der Waals surface area (Å²) >= 11 is 0. The van der Waals surface area contributed by atoms with Crippen molar-refractivity contribution >= 4 is 5.91 Å². The van der Waals surface area contributed by atoms with Crippen molar-refractivity contribution in [1.82, 2.24) is 5.32 Å². The second-order valence-corrected chi connectivity index (χ2v) is 5.32. The topological polar surface area (TPSA) is 55.1 Å². The molecule has 0 bridgehead atoms. The molecule has 1 atom stereocenters. The van der Waals surface area contributed by atoms with Crippen LogP contribution in [0.15, 0.2) is 30.3 Å². The number of carbonyl (C=O) groups is 1. The Balaban J connectivity index is 2.64. The molecule has 112 valence electrons. The van der Waals surface area contributed by atoms with E-state index < -0.39 is 19.0 Å². The molecule has 0 heterocycles. The molecule has 0 aliphatic carbocycles. The molecule has 3 nitrogen and oxygen atoms in total. The van der Waals surface area contributed by atoms with Gasteiger partial charge in [0, 0.05) is 5.92 Å². The van der Waals surface area contributed by atoms with Gasteiger partial charge >= 0.3 is 0 Å². The molecule has 1 unspecified atom stereocenters. The van der Waals surface area contributed by atoms with E-state index in [-0.39, 0.29) is 17.7 Å². The molecule has 0 aliphatic rings. The van der Waals surface area contributed by atoms with Gasteiger partial charge in [0.05, 0.1) is 13.1 Å². The van der Waals surface area contributed by atoms with Gasteiger partial charge in [-0.05, 0) is 17.9 Å². The van der Waals surface area contributed by atoms with Crippen LogP contribution in [-0.4, -0.2) is 24.9 Å². The lowest BCUT2D eigenvalue weighted by atomic mass is 9.88. The number of benzene rings is 1. The highest BCUT2D eigenvalue weighted by atomic mass is 19.3. The van der Waals surface area contributed by atoms with Crippen LogP contribution in [0, 0.1) is 11.8 Å². The van der Waals surface area contributed by atoms with E-state index in [0.717, 1.165) is 5.56 Å². The van der Waals surface area contributed by atoms with E-state index in [1.54, 1.807) is 0 Å². The van der Waals surface area contributed by atoms with Gasteiger partial charge in [-0.3, -0.25) is 4.79 Å². The number of hydrogen-bond donors (Lipinski definition) is 2. The summed E-state index contributed by atoms with van der Waals surface area (Å²) in [5.41, 5.74) is 5.97. The fourth-order valence-electron chi connectivity index (χ4n) is 1.92. The zero-order valence-electron chi connectivity index (χ0n) is 11.9. The van der Waals surface area contributed by atoms with Crippen molar-refractivity contribution in [3.8, 4) is 0 Å². The maximum absolute atomic E-state index is 13.1. The van der Waals surface area contributed by atoms with Gasteiger partial charge in [0.1, 0.15) is 0 Å². The Morgan fingerprint density at radius 3 is 2.40 bits per heavy atom. The number of nitrogens with two attached hydrogens (primary N) is 1. The zero-order chi connectivity index (χ0) is 15.2. The monoisotopic (exact) mass is 284 g/mol. The molecule has 0 fully saturated rings. The van der Waals surface area contributed by atoms with E-state index in [2.05, 4.69) is 5.32 Å². The van der Waals surface area contributed by atoms with Crippen molar-refractivity contribution in [2.45, 2.75) is 26.2 Å². The molecule has 3 N–H and O–H groups in total. The molecular weight excluding hydrogens is 262 g/mol. The predicted molar refractivity (Wildman–Crippen MR) is 75.5 cm³/mol. The third kappa shape index (κ3) is 5.25. The van der Waals surface area contributed by atoms with E-state index in [4.69, 9.17) is 5.73 Å². The maximum Gasteiger partial charge on any atom is 0.277 e. The Morgan fingerprint density at radius 2 is 1.90 bits per heavy atom. The highest BCUT2D eigenvalue weighted by molar-refractivity contribution is 5.79. The predicted octanol–water partition coefficient (Wildman–Crippen LogP) is 2.21. The lowest BCUT2D eigenvalue weighted by molar-refractivity contribution is -0.128. The Morgan fingerprint density at radius 1 is 1.30 bits per heavy atom. The highest BCUT2D eigenvalue weighted by Gasteiger charge is 2.29. The molecule has 0 radical (unpaired) electrons. The third-order valence-electron chi connectivity index (χ3n) is 3.26. The van der Waals surface area contributed by atoms with Crippen LogP contribution in [0.1, 0.15) is 19.4 Å². The summed E-state index contributed by atoms with van der Waals surface area (Å²) in [6, 6.07) is 9.55. The van der Waals surface area contributed by atoms with Gasteiger partial charge in [0.15, 0.2) is 0 Å². The molecule has 0 spiro atoms. The minimum absolute atomic E-state index is 0.0710. The molecule has 0 aromatic heterocycles. The lowest BCUT2D eigenvalue weighted by Gasteiger charge is -2.22. The average molecular weight is 284 g/mol. The standard InChI is InChI=1S/C15H22F2N2O/c1-11(2)13(8-12-6-4-3-5-7-12)14(20)19-10-15(16,17)9-18/h3-7,11,13H,8-10,18H2,1-2H3,(H,19,20). The molecule has 1 aromatic rings. The van der Waals surface area contributed by atoms with Crippen molar-refractivity contribution in [3.05, 3.63) is 35.9 Å². The summed E-state index contributed by atoms with van der Waals surface area (Å²) in [5, 5.41) is 2.31. The SMILES string of the molecule is CC(C)C(Cc1ccccc1)C(=O)NCC(F)(F)CN. The summed E-state index contributed by atoms with van der Waals surface area (Å²) in [4.78, 5) is 12.1. The van der Waals surface area contributed by atoms with Crippen LogP contribution in [-0.2, 0) is 11.2 Å². The van der Waals surface area contributed by atoms with Gasteiger partial charge in [-0.2, -0.15) is 0 Å². The zero-order valence-corrected chi connectivity index (χ0v) is 11.9. The second kappa shape index (κ2) is 7.33. The molecule has 5 heteroatoms. The lowest BCUT2D eigenvalue weighted by Crippen LogP contribution is -2.44. The molecule has 1 amide bonds. The molecule has 0 saturated heterocycles. The molecule has 0 aliphatic heterocycles.